The van der Waals surface area contributed by atoms with Gasteiger partial charge in [-0.25, -0.2) is 0 Å². The van der Waals surface area contributed by atoms with Crippen LogP contribution in [0.5, 0.6) is 0 Å². The standard InChI is InChI=1S/C13H17N3O/c1-9(2)12(15)13(17)16-8-11-5-3-4-10(6-11)7-14/h3-6,9,12H,8,15H2,1-2H3,(H,16,17)/t12-/m0/s1. The molecule has 3 N–H and O–H groups in total. The van der Waals surface area contributed by atoms with Gasteiger partial charge in [0.1, 0.15) is 0 Å². The highest BCUT2D eigenvalue weighted by Crippen LogP contribution is 2.04. The van der Waals surface area contributed by atoms with Gasteiger partial charge in [-0.3, -0.25) is 4.79 Å². The summed E-state index contributed by atoms with van der Waals surface area (Å²) in [7, 11) is 0. The van der Waals surface area contributed by atoms with Gasteiger partial charge in [0.05, 0.1) is 17.7 Å². The van der Waals surface area contributed by atoms with Crippen LogP contribution < -0.4 is 11.1 Å². The fourth-order valence-corrected chi connectivity index (χ4v) is 1.36. The fraction of sp³-hybridized carbons (Fsp3) is 0.385. The largest absolute Gasteiger partial charge is 0.351 e. The lowest BCUT2D eigenvalue weighted by Gasteiger charge is -2.15. The third-order valence-corrected chi connectivity index (χ3v) is 2.54. The van der Waals surface area contributed by atoms with Crippen LogP contribution in [0.2, 0.25) is 0 Å². The second-order valence-electron chi connectivity index (χ2n) is 4.30. The van der Waals surface area contributed by atoms with Crippen LogP contribution in [0, 0.1) is 17.2 Å². The molecule has 0 aliphatic rings. The first-order chi connectivity index (χ1) is 8.04. The molecule has 0 aromatic heterocycles. The van der Waals surface area contributed by atoms with Crippen LogP contribution in [0.4, 0.5) is 0 Å². The van der Waals surface area contributed by atoms with Crippen LogP contribution in [0.1, 0.15) is 25.0 Å². The maximum absolute atomic E-state index is 11.6. The molecule has 1 atom stereocenters. The van der Waals surface area contributed by atoms with E-state index in [2.05, 4.69) is 11.4 Å². The van der Waals surface area contributed by atoms with E-state index in [1.807, 2.05) is 19.9 Å². The molecule has 4 nitrogen and oxygen atoms in total. The Hall–Kier alpha value is -1.86. The van der Waals surface area contributed by atoms with Crippen LogP contribution in [0.15, 0.2) is 24.3 Å². The maximum Gasteiger partial charge on any atom is 0.237 e. The summed E-state index contributed by atoms with van der Waals surface area (Å²) in [4.78, 5) is 11.6. The molecule has 4 heteroatoms. The predicted octanol–water partition coefficient (Wildman–Crippen LogP) is 1.16. The number of amides is 1. The molecule has 17 heavy (non-hydrogen) atoms. The SMILES string of the molecule is CC(C)[C@H](N)C(=O)NCc1cccc(C#N)c1. The van der Waals surface area contributed by atoms with E-state index in [0.717, 1.165) is 5.56 Å². The Morgan fingerprint density at radius 3 is 2.82 bits per heavy atom. The molecule has 1 rings (SSSR count). The van der Waals surface area contributed by atoms with Crippen LogP contribution in [-0.4, -0.2) is 11.9 Å². The molecule has 0 spiro atoms. The first-order valence-electron chi connectivity index (χ1n) is 5.57. The van der Waals surface area contributed by atoms with Gasteiger partial charge in [-0.2, -0.15) is 5.26 Å². The number of carbonyl (C=O) groups excluding carboxylic acids is 1. The van der Waals surface area contributed by atoms with E-state index in [1.54, 1.807) is 18.2 Å². The zero-order valence-electron chi connectivity index (χ0n) is 10.1. The highest BCUT2D eigenvalue weighted by Gasteiger charge is 2.16. The molecule has 0 heterocycles. The van der Waals surface area contributed by atoms with Gasteiger partial charge < -0.3 is 11.1 Å². The second-order valence-corrected chi connectivity index (χ2v) is 4.30. The average molecular weight is 231 g/mol. The normalized spacial score (nSPS) is 11.9. The Kier molecular flexibility index (Phi) is 4.68. The highest BCUT2D eigenvalue weighted by atomic mass is 16.2. The highest BCUT2D eigenvalue weighted by molar-refractivity contribution is 5.81. The molecular formula is C13H17N3O. The van der Waals surface area contributed by atoms with E-state index >= 15 is 0 Å². The van der Waals surface area contributed by atoms with Crippen LogP contribution in [0.3, 0.4) is 0 Å². The van der Waals surface area contributed by atoms with Crippen molar-refractivity contribution in [2.75, 3.05) is 0 Å². The third-order valence-electron chi connectivity index (χ3n) is 2.54. The first-order valence-corrected chi connectivity index (χ1v) is 5.57. The molecule has 1 aromatic carbocycles. The maximum atomic E-state index is 11.6. The minimum atomic E-state index is -0.492. The summed E-state index contributed by atoms with van der Waals surface area (Å²) < 4.78 is 0. The summed E-state index contributed by atoms with van der Waals surface area (Å²) in [5.74, 6) is -0.0530. The number of hydrogen-bond donors (Lipinski definition) is 2. The fourth-order valence-electron chi connectivity index (χ4n) is 1.36. The lowest BCUT2D eigenvalue weighted by molar-refractivity contribution is -0.123. The van der Waals surface area contributed by atoms with Crippen molar-refractivity contribution in [3.63, 3.8) is 0 Å². The van der Waals surface area contributed by atoms with Crippen LogP contribution in [0.25, 0.3) is 0 Å². The molecule has 0 saturated heterocycles. The van der Waals surface area contributed by atoms with E-state index in [9.17, 15) is 4.79 Å². The van der Waals surface area contributed by atoms with Crippen LogP contribution in [-0.2, 0) is 11.3 Å². The molecule has 0 aliphatic heterocycles. The molecule has 0 saturated carbocycles. The Morgan fingerprint density at radius 2 is 2.24 bits per heavy atom. The Balaban J connectivity index is 2.56. The Bertz CT molecular complexity index is 435. The lowest BCUT2D eigenvalue weighted by atomic mass is 10.0. The quantitative estimate of drug-likeness (QED) is 0.816. The number of rotatable bonds is 4. The summed E-state index contributed by atoms with van der Waals surface area (Å²) >= 11 is 0. The van der Waals surface area contributed by atoms with Crippen molar-refractivity contribution in [3.8, 4) is 6.07 Å². The zero-order valence-corrected chi connectivity index (χ0v) is 10.1. The van der Waals surface area contributed by atoms with Gasteiger partial charge >= 0.3 is 0 Å². The minimum Gasteiger partial charge on any atom is -0.351 e. The molecule has 0 unspecified atom stereocenters. The first kappa shape index (κ1) is 13.2. The number of benzene rings is 1. The van der Waals surface area contributed by atoms with Crippen LogP contribution >= 0.6 is 0 Å². The number of carbonyl (C=O) groups is 1. The Labute approximate surface area is 101 Å². The van der Waals surface area contributed by atoms with E-state index in [-0.39, 0.29) is 11.8 Å². The number of nitrogens with two attached hydrogens (primary N) is 1. The van der Waals surface area contributed by atoms with E-state index in [4.69, 9.17) is 11.0 Å². The van der Waals surface area contributed by atoms with E-state index < -0.39 is 6.04 Å². The topological polar surface area (TPSA) is 78.9 Å². The van der Waals surface area contributed by atoms with Crippen molar-refractivity contribution in [1.29, 1.82) is 5.26 Å². The minimum absolute atomic E-state index is 0.112. The molecule has 1 amide bonds. The van der Waals surface area contributed by atoms with Gasteiger partial charge in [-0.1, -0.05) is 26.0 Å². The van der Waals surface area contributed by atoms with Gasteiger partial charge in [-0.05, 0) is 23.6 Å². The van der Waals surface area contributed by atoms with Gasteiger partial charge in [0.15, 0.2) is 0 Å². The molecular weight excluding hydrogens is 214 g/mol. The molecule has 0 fully saturated rings. The van der Waals surface area contributed by atoms with Crippen molar-refractivity contribution in [2.24, 2.45) is 11.7 Å². The summed E-state index contributed by atoms with van der Waals surface area (Å²) in [6.07, 6.45) is 0. The molecule has 0 aliphatic carbocycles. The van der Waals surface area contributed by atoms with Crippen molar-refractivity contribution in [1.82, 2.24) is 5.32 Å². The third kappa shape index (κ3) is 3.89. The summed E-state index contributed by atoms with van der Waals surface area (Å²) in [6.45, 7) is 4.20. The molecule has 0 bridgehead atoms. The smallest absolute Gasteiger partial charge is 0.237 e. The summed E-state index contributed by atoms with van der Waals surface area (Å²) in [5.41, 5.74) is 7.20. The number of nitriles is 1. The second kappa shape index (κ2) is 6.02. The molecule has 1 aromatic rings. The number of hydrogen-bond acceptors (Lipinski definition) is 3. The van der Waals surface area contributed by atoms with Gasteiger partial charge in [0.2, 0.25) is 5.91 Å². The van der Waals surface area contributed by atoms with E-state index in [0.29, 0.717) is 12.1 Å². The number of nitrogens with one attached hydrogen (secondary N) is 1. The predicted molar refractivity (Wildman–Crippen MR) is 65.8 cm³/mol. The van der Waals surface area contributed by atoms with Crippen molar-refractivity contribution in [2.45, 2.75) is 26.4 Å². The monoisotopic (exact) mass is 231 g/mol. The van der Waals surface area contributed by atoms with Crippen molar-refractivity contribution < 1.29 is 4.79 Å². The van der Waals surface area contributed by atoms with E-state index in [1.165, 1.54) is 0 Å². The molecule has 90 valence electrons. The van der Waals surface area contributed by atoms with Crippen molar-refractivity contribution in [3.05, 3.63) is 35.4 Å². The van der Waals surface area contributed by atoms with Gasteiger partial charge in [0.25, 0.3) is 0 Å². The summed E-state index contributed by atoms with van der Waals surface area (Å²) in [5, 5.41) is 11.5. The summed E-state index contributed by atoms with van der Waals surface area (Å²) in [6, 6.07) is 8.70. The average Bonchev–Trinajstić information content (AvgIpc) is 2.35. The Morgan fingerprint density at radius 1 is 1.53 bits per heavy atom. The van der Waals surface area contributed by atoms with Crippen molar-refractivity contribution >= 4 is 5.91 Å². The number of nitrogens with zero attached hydrogens (tertiary/aromatic N) is 1. The molecule has 0 radical (unpaired) electrons. The zero-order chi connectivity index (χ0) is 12.8. The van der Waals surface area contributed by atoms with Gasteiger partial charge in [-0.15, -0.1) is 0 Å². The van der Waals surface area contributed by atoms with Gasteiger partial charge in [0, 0.05) is 6.54 Å². The lowest BCUT2D eigenvalue weighted by Crippen LogP contribution is -2.43.